The van der Waals surface area contributed by atoms with Crippen molar-refractivity contribution in [2.75, 3.05) is 23.8 Å². The number of ether oxygens (including phenoxy) is 1. The third kappa shape index (κ3) is 6.79. The van der Waals surface area contributed by atoms with Crippen molar-refractivity contribution in [1.29, 1.82) is 0 Å². The summed E-state index contributed by atoms with van der Waals surface area (Å²) in [7, 11) is 0. The number of hydrogen-bond donors (Lipinski definition) is 3. The highest BCUT2D eigenvalue weighted by molar-refractivity contribution is 5.96. The zero-order valence-corrected chi connectivity index (χ0v) is 16.5. The molecular formula is C22H27N3O3. The van der Waals surface area contributed by atoms with E-state index in [1.807, 2.05) is 39.0 Å². The molecule has 148 valence electrons. The molecule has 0 saturated heterocycles. The van der Waals surface area contributed by atoms with E-state index in [1.54, 1.807) is 30.3 Å². The fourth-order valence-corrected chi connectivity index (χ4v) is 2.39. The molecule has 0 aliphatic rings. The number of para-hydroxylation sites is 2. The maximum atomic E-state index is 12.3. The summed E-state index contributed by atoms with van der Waals surface area (Å²) < 4.78 is 5.66. The first-order valence-electron chi connectivity index (χ1n) is 9.16. The molecule has 6 nitrogen and oxygen atoms in total. The Morgan fingerprint density at radius 2 is 1.86 bits per heavy atom. The Hall–Kier alpha value is -3.28. The van der Waals surface area contributed by atoms with Crippen LogP contribution in [-0.2, 0) is 4.79 Å². The van der Waals surface area contributed by atoms with Gasteiger partial charge in [-0.15, -0.1) is 0 Å². The van der Waals surface area contributed by atoms with Crippen molar-refractivity contribution in [3.63, 3.8) is 0 Å². The van der Waals surface area contributed by atoms with E-state index < -0.39 is 0 Å². The summed E-state index contributed by atoms with van der Waals surface area (Å²) >= 11 is 0. The Balaban J connectivity index is 1.95. The summed E-state index contributed by atoms with van der Waals surface area (Å²) in [6.45, 7) is 9.94. The predicted molar refractivity (Wildman–Crippen MR) is 113 cm³/mol. The van der Waals surface area contributed by atoms with Gasteiger partial charge in [0.1, 0.15) is 12.4 Å². The van der Waals surface area contributed by atoms with E-state index >= 15 is 0 Å². The number of carbonyl (C=O) groups excluding carboxylic acids is 2. The average Bonchev–Trinajstić information content (AvgIpc) is 2.65. The van der Waals surface area contributed by atoms with Crippen LogP contribution in [0.1, 0.15) is 31.1 Å². The van der Waals surface area contributed by atoms with Crippen LogP contribution in [0.2, 0.25) is 0 Å². The van der Waals surface area contributed by atoms with Crippen molar-refractivity contribution in [3.8, 4) is 5.75 Å². The fraction of sp³-hybridized carbons (Fsp3) is 0.273. The van der Waals surface area contributed by atoms with Crippen LogP contribution in [0.4, 0.5) is 11.4 Å². The van der Waals surface area contributed by atoms with Crippen molar-refractivity contribution in [3.05, 3.63) is 66.2 Å². The van der Waals surface area contributed by atoms with Crippen LogP contribution in [0.25, 0.3) is 0 Å². The minimum Gasteiger partial charge on any atom is -0.487 e. The molecule has 0 atom stereocenters. The van der Waals surface area contributed by atoms with Gasteiger partial charge in [-0.25, -0.2) is 0 Å². The molecule has 0 saturated carbocycles. The first-order valence-corrected chi connectivity index (χ1v) is 9.16. The van der Waals surface area contributed by atoms with Gasteiger partial charge in [0.15, 0.2) is 0 Å². The van der Waals surface area contributed by atoms with Crippen molar-refractivity contribution >= 4 is 23.2 Å². The van der Waals surface area contributed by atoms with Crippen LogP contribution in [0.15, 0.2) is 60.7 Å². The molecule has 2 amide bonds. The topological polar surface area (TPSA) is 79.5 Å². The summed E-state index contributed by atoms with van der Waals surface area (Å²) in [5, 5.41) is 8.71. The van der Waals surface area contributed by atoms with Crippen molar-refractivity contribution < 1.29 is 14.3 Å². The van der Waals surface area contributed by atoms with Gasteiger partial charge < -0.3 is 20.7 Å². The predicted octanol–water partition coefficient (Wildman–Crippen LogP) is 3.83. The summed E-state index contributed by atoms with van der Waals surface area (Å²) in [6.07, 6.45) is 0. The lowest BCUT2D eigenvalue weighted by molar-refractivity contribution is -0.114. The van der Waals surface area contributed by atoms with E-state index in [0.29, 0.717) is 29.3 Å². The number of benzene rings is 2. The molecule has 2 aromatic carbocycles. The molecule has 0 unspecified atom stereocenters. The smallest absolute Gasteiger partial charge is 0.251 e. The molecule has 6 heteroatoms. The second kappa shape index (κ2) is 10.2. The van der Waals surface area contributed by atoms with Crippen LogP contribution in [0.3, 0.4) is 0 Å². The lowest BCUT2D eigenvalue weighted by atomic mass is 10.1. The second-order valence-electron chi connectivity index (χ2n) is 6.85. The summed E-state index contributed by atoms with van der Waals surface area (Å²) in [6, 6.07) is 14.3. The van der Waals surface area contributed by atoms with E-state index in [0.717, 1.165) is 5.57 Å². The maximum Gasteiger partial charge on any atom is 0.251 e. The van der Waals surface area contributed by atoms with Crippen LogP contribution >= 0.6 is 0 Å². The standard InChI is InChI=1S/C22H27N3O3/c1-15(2)14-28-20-11-6-5-10-19(20)25-21(26)13-23-18-9-7-8-17(12-18)22(27)24-16(3)4/h5-12,16,23H,1,13-14H2,2-4H3,(H,24,27)(H,25,26). The number of hydrogen-bond acceptors (Lipinski definition) is 4. The van der Waals surface area contributed by atoms with E-state index in [9.17, 15) is 9.59 Å². The van der Waals surface area contributed by atoms with Gasteiger partial charge in [-0.05, 0) is 56.7 Å². The van der Waals surface area contributed by atoms with Gasteiger partial charge in [0, 0.05) is 17.3 Å². The molecule has 0 spiro atoms. The minimum atomic E-state index is -0.219. The van der Waals surface area contributed by atoms with Gasteiger partial charge in [-0.3, -0.25) is 9.59 Å². The highest BCUT2D eigenvalue weighted by Gasteiger charge is 2.10. The van der Waals surface area contributed by atoms with Crippen molar-refractivity contribution in [1.82, 2.24) is 5.32 Å². The zero-order chi connectivity index (χ0) is 20.5. The molecular weight excluding hydrogens is 354 g/mol. The minimum absolute atomic E-state index is 0.0575. The lowest BCUT2D eigenvalue weighted by Crippen LogP contribution is -2.30. The number of nitrogens with one attached hydrogen (secondary N) is 3. The molecule has 0 aromatic heterocycles. The Labute approximate surface area is 166 Å². The van der Waals surface area contributed by atoms with Crippen LogP contribution in [0.5, 0.6) is 5.75 Å². The molecule has 0 aliphatic heterocycles. The quantitative estimate of drug-likeness (QED) is 0.577. The Morgan fingerprint density at radius 3 is 2.57 bits per heavy atom. The summed E-state index contributed by atoms with van der Waals surface area (Å²) in [4.78, 5) is 24.4. The normalized spacial score (nSPS) is 10.3. The summed E-state index contributed by atoms with van der Waals surface area (Å²) in [5.74, 6) is 0.223. The largest absolute Gasteiger partial charge is 0.487 e. The fourth-order valence-electron chi connectivity index (χ4n) is 2.39. The Bertz CT molecular complexity index is 846. The lowest BCUT2D eigenvalue weighted by Gasteiger charge is -2.13. The average molecular weight is 381 g/mol. The third-order valence-corrected chi connectivity index (χ3v) is 3.63. The monoisotopic (exact) mass is 381 g/mol. The molecule has 0 aliphatic carbocycles. The first-order chi connectivity index (χ1) is 13.3. The zero-order valence-electron chi connectivity index (χ0n) is 16.5. The number of amides is 2. The van der Waals surface area contributed by atoms with Gasteiger partial charge in [0.05, 0.1) is 12.2 Å². The highest BCUT2D eigenvalue weighted by atomic mass is 16.5. The molecule has 0 bridgehead atoms. The highest BCUT2D eigenvalue weighted by Crippen LogP contribution is 2.24. The second-order valence-corrected chi connectivity index (χ2v) is 6.85. The van der Waals surface area contributed by atoms with E-state index in [-0.39, 0.29) is 24.4 Å². The summed E-state index contributed by atoms with van der Waals surface area (Å²) in [5.41, 5.74) is 2.72. The molecule has 28 heavy (non-hydrogen) atoms. The molecule has 2 rings (SSSR count). The first kappa shape index (κ1) is 21.0. The Kier molecular flexibility index (Phi) is 7.63. The van der Waals surface area contributed by atoms with Crippen molar-refractivity contribution in [2.24, 2.45) is 0 Å². The van der Waals surface area contributed by atoms with Gasteiger partial charge in [-0.1, -0.05) is 24.8 Å². The van der Waals surface area contributed by atoms with Crippen LogP contribution in [0, 0.1) is 0 Å². The Morgan fingerprint density at radius 1 is 1.11 bits per heavy atom. The van der Waals surface area contributed by atoms with Gasteiger partial charge in [0.2, 0.25) is 5.91 Å². The van der Waals surface area contributed by atoms with Gasteiger partial charge >= 0.3 is 0 Å². The molecule has 0 radical (unpaired) electrons. The van der Waals surface area contributed by atoms with E-state index in [1.165, 1.54) is 0 Å². The third-order valence-electron chi connectivity index (χ3n) is 3.63. The van der Waals surface area contributed by atoms with Crippen molar-refractivity contribution in [2.45, 2.75) is 26.8 Å². The molecule has 0 fully saturated rings. The molecule has 0 heterocycles. The van der Waals surface area contributed by atoms with Gasteiger partial charge in [0.25, 0.3) is 5.91 Å². The number of anilines is 2. The molecule has 2 aromatic rings. The SMILES string of the molecule is C=C(C)COc1ccccc1NC(=O)CNc1cccc(C(=O)NC(C)C)c1. The van der Waals surface area contributed by atoms with E-state index in [2.05, 4.69) is 22.5 Å². The van der Waals surface area contributed by atoms with E-state index in [4.69, 9.17) is 4.74 Å². The maximum absolute atomic E-state index is 12.3. The number of rotatable bonds is 9. The number of carbonyl (C=O) groups is 2. The molecule has 3 N–H and O–H groups in total. The van der Waals surface area contributed by atoms with Gasteiger partial charge in [-0.2, -0.15) is 0 Å². The van der Waals surface area contributed by atoms with Crippen LogP contribution < -0.4 is 20.7 Å². The van der Waals surface area contributed by atoms with Crippen LogP contribution in [-0.4, -0.2) is 31.0 Å².